The second-order valence-corrected chi connectivity index (χ2v) is 6.44. The van der Waals surface area contributed by atoms with Crippen molar-refractivity contribution in [2.75, 3.05) is 13.7 Å². The topological polar surface area (TPSA) is 80.4 Å². The van der Waals surface area contributed by atoms with Gasteiger partial charge in [0.05, 0.1) is 32.6 Å². The molecule has 6 nitrogen and oxygen atoms in total. The number of ether oxygens (including phenoxy) is 2. The Kier molecular flexibility index (Phi) is 6.32. The molecule has 3 rings (SSSR count). The van der Waals surface area contributed by atoms with Gasteiger partial charge in [0.1, 0.15) is 5.75 Å². The zero-order chi connectivity index (χ0) is 19.9. The van der Waals surface area contributed by atoms with E-state index < -0.39 is 6.04 Å². The molecule has 1 aromatic heterocycles. The average Bonchev–Trinajstić information content (AvgIpc) is 3.10. The summed E-state index contributed by atoms with van der Waals surface area (Å²) in [6.45, 7) is 2.06. The number of para-hydroxylation sites is 1. The maximum absolute atomic E-state index is 12.7. The summed E-state index contributed by atoms with van der Waals surface area (Å²) in [5.41, 5.74) is 2.69. The van der Waals surface area contributed by atoms with Gasteiger partial charge in [-0.25, -0.2) is 0 Å². The largest absolute Gasteiger partial charge is 0.497 e. The number of H-pyrrole nitrogens is 1. The van der Waals surface area contributed by atoms with E-state index in [-0.39, 0.29) is 24.7 Å². The molecule has 1 amide bonds. The van der Waals surface area contributed by atoms with Gasteiger partial charge in [-0.3, -0.25) is 9.59 Å². The molecule has 0 bridgehead atoms. The van der Waals surface area contributed by atoms with E-state index >= 15 is 0 Å². The number of carbonyl (C=O) groups excluding carboxylic acids is 2. The van der Waals surface area contributed by atoms with Crippen LogP contribution in [0.1, 0.15) is 30.5 Å². The third kappa shape index (κ3) is 4.71. The Bertz CT molecular complexity index is 964. The van der Waals surface area contributed by atoms with Crippen LogP contribution in [-0.4, -0.2) is 30.6 Å². The highest BCUT2D eigenvalue weighted by molar-refractivity contribution is 5.89. The number of methoxy groups -OCH3 is 1. The Hall–Kier alpha value is -3.28. The van der Waals surface area contributed by atoms with Crippen molar-refractivity contribution in [3.63, 3.8) is 0 Å². The maximum atomic E-state index is 12.7. The lowest BCUT2D eigenvalue weighted by Gasteiger charge is -2.19. The van der Waals surface area contributed by atoms with Gasteiger partial charge in [-0.1, -0.05) is 30.3 Å². The Morgan fingerprint density at radius 3 is 2.75 bits per heavy atom. The molecule has 28 heavy (non-hydrogen) atoms. The molecule has 0 saturated heterocycles. The Labute approximate surface area is 163 Å². The summed E-state index contributed by atoms with van der Waals surface area (Å²) in [7, 11) is 1.58. The van der Waals surface area contributed by atoms with Crippen LogP contribution < -0.4 is 10.1 Å². The molecule has 3 aromatic rings. The number of fused-ring (bicyclic) bond motifs is 1. The van der Waals surface area contributed by atoms with Crippen LogP contribution in [-0.2, 0) is 20.7 Å². The first-order chi connectivity index (χ1) is 13.6. The normalized spacial score (nSPS) is 11.8. The number of amides is 1. The number of benzene rings is 2. The zero-order valence-electron chi connectivity index (χ0n) is 16.0. The van der Waals surface area contributed by atoms with E-state index in [4.69, 9.17) is 9.47 Å². The van der Waals surface area contributed by atoms with Crippen LogP contribution in [0.15, 0.2) is 54.7 Å². The van der Waals surface area contributed by atoms with Crippen LogP contribution in [0.25, 0.3) is 10.9 Å². The highest BCUT2D eigenvalue weighted by Gasteiger charge is 2.20. The maximum Gasteiger partial charge on any atom is 0.308 e. The van der Waals surface area contributed by atoms with Gasteiger partial charge in [-0.05, 0) is 36.2 Å². The quantitative estimate of drug-likeness (QED) is 0.586. The van der Waals surface area contributed by atoms with Crippen LogP contribution in [0.5, 0.6) is 5.75 Å². The van der Waals surface area contributed by atoms with Crippen molar-refractivity contribution in [1.29, 1.82) is 0 Å². The highest BCUT2D eigenvalue weighted by atomic mass is 16.5. The lowest BCUT2D eigenvalue weighted by Crippen LogP contribution is -2.31. The minimum absolute atomic E-state index is 0.0562. The molecule has 0 saturated carbocycles. The first-order valence-electron chi connectivity index (χ1n) is 9.24. The third-order valence-electron chi connectivity index (χ3n) is 4.53. The Morgan fingerprint density at radius 2 is 1.96 bits per heavy atom. The fourth-order valence-corrected chi connectivity index (χ4v) is 3.19. The summed E-state index contributed by atoms with van der Waals surface area (Å²) in [5.74, 6) is 0.141. The van der Waals surface area contributed by atoms with Gasteiger partial charge in [0, 0.05) is 17.1 Å². The van der Waals surface area contributed by atoms with Crippen molar-refractivity contribution < 1.29 is 19.1 Å². The lowest BCUT2D eigenvalue weighted by molar-refractivity contribution is -0.143. The number of carbonyl (C=O) groups is 2. The second kappa shape index (κ2) is 9.08. The summed E-state index contributed by atoms with van der Waals surface area (Å²) in [5, 5.41) is 3.98. The van der Waals surface area contributed by atoms with Gasteiger partial charge in [0.25, 0.3) is 0 Å². The first kappa shape index (κ1) is 19.5. The molecular weight excluding hydrogens is 356 g/mol. The van der Waals surface area contributed by atoms with Gasteiger partial charge in [0.2, 0.25) is 5.91 Å². The fourth-order valence-electron chi connectivity index (χ4n) is 3.19. The van der Waals surface area contributed by atoms with E-state index in [1.807, 2.05) is 54.7 Å². The molecule has 0 aliphatic heterocycles. The summed E-state index contributed by atoms with van der Waals surface area (Å²) in [4.78, 5) is 27.9. The van der Waals surface area contributed by atoms with Crippen molar-refractivity contribution in [2.45, 2.75) is 25.8 Å². The van der Waals surface area contributed by atoms with Gasteiger partial charge in [0.15, 0.2) is 0 Å². The molecule has 0 fully saturated rings. The number of nitrogens with one attached hydrogen (secondary N) is 2. The van der Waals surface area contributed by atoms with Crippen molar-refractivity contribution in [3.8, 4) is 5.75 Å². The number of hydrogen-bond donors (Lipinski definition) is 2. The summed E-state index contributed by atoms with van der Waals surface area (Å²) >= 11 is 0. The highest BCUT2D eigenvalue weighted by Crippen LogP contribution is 2.23. The average molecular weight is 380 g/mol. The van der Waals surface area contributed by atoms with E-state index in [1.54, 1.807) is 14.0 Å². The third-order valence-corrected chi connectivity index (χ3v) is 4.53. The zero-order valence-corrected chi connectivity index (χ0v) is 16.0. The van der Waals surface area contributed by atoms with Crippen molar-refractivity contribution >= 4 is 22.8 Å². The van der Waals surface area contributed by atoms with Crippen LogP contribution in [0.4, 0.5) is 0 Å². The first-order valence-corrected chi connectivity index (χ1v) is 9.24. The number of aromatic nitrogens is 1. The van der Waals surface area contributed by atoms with Crippen molar-refractivity contribution in [2.24, 2.45) is 0 Å². The Morgan fingerprint density at radius 1 is 1.14 bits per heavy atom. The summed E-state index contributed by atoms with van der Waals surface area (Å²) in [6.07, 6.45) is 2.12. The molecule has 1 unspecified atom stereocenters. The monoisotopic (exact) mass is 380 g/mol. The number of esters is 1. The molecular formula is C22H24N2O4. The molecule has 1 heterocycles. The summed E-state index contributed by atoms with van der Waals surface area (Å²) in [6, 6.07) is 14.7. The van der Waals surface area contributed by atoms with E-state index in [9.17, 15) is 9.59 Å². The number of aromatic amines is 1. The smallest absolute Gasteiger partial charge is 0.308 e. The van der Waals surface area contributed by atoms with Crippen molar-refractivity contribution in [1.82, 2.24) is 10.3 Å². The lowest BCUT2D eigenvalue weighted by atomic mass is 10.0. The van der Waals surface area contributed by atoms with Gasteiger partial charge < -0.3 is 19.8 Å². The number of hydrogen-bond acceptors (Lipinski definition) is 4. The molecule has 0 radical (unpaired) electrons. The SMILES string of the molecule is CCOC(=O)CC(NC(=O)Cc1c[nH]c2ccccc12)c1cccc(OC)c1. The van der Waals surface area contributed by atoms with E-state index in [2.05, 4.69) is 10.3 Å². The molecule has 146 valence electrons. The van der Waals surface area contributed by atoms with E-state index in [0.717, 1.165) is 22.0 Å². The van der Waals surface area contributed by atoms with E-state index in [0.29, 0.717) is 12.4 Å². The molecule has 0 spiro atoms. The fraction of sp³-hybridized carbons (Fsp3) is 0.273. The molecule has 1 atom stereocenters. The molecule has 6 heteroatoms. The van der Waals surface area contributed by atoms with Crippen molar-refractivity contribution in [3.05, 3.63) is 65.9 Å². The van der Waals surface area contributed by atoms with Crippen LogP contribution in [0, 0.1) is 0 Å². The van der Waals surface area contributed by atoms with Gasteiger partial charge in [-0.2, -0.15) is 0 Å². The molecule has 0 aliphatic carbocycles. The van der Waals surface area contributed by atoms with E-state index in [1.165, 1.54) is 0 Å². The van der Waals surface area contributed by atoms with Gasteiger partial charge in [-0.15, -0.1) is 0 Å². The predicted octanol–water partition coefficient (Wildman–Crippen LogP) is 3.53. The van der Waals surface area contributed by atoms with Crippen LogP contribution in [0.2, 0.25) is 0 Å². The van der Waals surface area contributed by atoms with Gasteiger partial charge >= 0.3 is 5.97 Å². The molecule has 2 aromatic carbocycles. The minimum Gasteiger partial charge on any atom is -0.497 e. The molecule has 2 N–H and O–H groups in total. The molecule has 0 aliphatic rings. The standard InChI is InChI=1S/C22H24N2O4/c1-3-28-22(26)13-20(15-7-6-8-17(11-15)27-2)24-21(25)12-16-14-23-19-10-5-4-9-18(16)19/h4-11,14,20,23H,3,12-13H2,1-2H3,(H,24,25). The van der Waals surface area contributed by atoms with Crippen LogP contribution in [0.3, 0.4) is 0 Å². The minimum atomic E-state index is -0.494. The second-order valence-electron chi connectivity index (χ2n) is 6.44. The predicted molar refractivity (Wildman–Crippen MR) is 107 cm³/mol. The van der Waals surface area contributed by atoms with Crippen LogP contribution >= 0.6 is 0 Å². The Balaban J connectivity index is 1.77. The summed E-state index contributed by atoms with van der Waals surface area (Å²) < 4.78 is 10.3. The number of rotatable bonds is 8.